The van der Waals surface area contributed by atoms with Gasteiger partial charge in [0, 0.05) is 24.4 Å². The third kappa shape index (κ3) is 5.63. The number of hydrogen-bond donors (Lipinski definition) is 0. The molecule has 2 fully saturated rings. The van der Waals surface area contributed by atoms with Gasteiger partial charge in [-0.1, -0.05) is 37.5 Å². The molecule has 1 saturated carbocycles. The zero-order valence-corrected chi connectivity index (χ0v) is 17.5. The van der Waals surface area contributed by atoms with Crippen molar-refractivity contribution in [2.24, 2.45) is 5.92 Å². The Morgan fingerprint density at radius 2 is 1.50 bits per heavy atom. The molecule has 0 atom stereocenters. The van der Waals surface area contributed by atoms with Gasteiger partial charge in [-0.3, -0.25) is 4.98 Å². The van der Waals surface area contributed by atoms with Crippen LogP contribution in [-0.4, -0.2) is 29.5 Å². The van der Waals surface area contributed by atoms with Crippen molar-refractivity contribution in [3.05, 3.63) is 65.0 Å². The molecule has 2 aromatic rings. The highest BCUT2D eigenvalue weighted by molar-refractivity contribution is 5.29. The molecular weight excluding hydrogens is 385 g/mol. The first-order valence-electron chi connectivity index (χ1n) is 11.3. The minimum atomic E-state index is -4.28. The predicted octanol–water partition coefficient (Wildman–Crippen LogP) is 6.45. The molecular formula is C25H31F3N2. The standard InChI is InChI=1S/C25H31F3N2/c26-25(27,28)23-9-6-19(7-10-23)16-21-8-11-24(29-17-21)22-12-14-30(15-13-22)18-20-4-2-1-3-5-20/h6-11,17,20,22H,1-5,12-16,18H2. The van der Waals surface area contributed by atoms with E-state index in [2.05, 4.69) is 17.0 Å². The van der Waals surface area contributed by atoms with Gasteiger partial charge in [0.1, 0.15) is 0 Å². The fourth-order valence-corrected chi connectivity index (χ4v) is 4.98. The van der Waals surface area contributed by atoms with E-state index < -0.39 is 11.7 Å². The molecule has 162 valence electrons. The number of nitrogens with zero attached hydrogens (tertiary/aromatic N) is 2. The molecule has 1 aliphatic carbocycles. The highest BCUT2D eigenvalue weighted by atomic mass is 19.4. The maximum absolute atomic E-state index is 12.7. The van der Waals surface area contributed by atoms with E-state index >= 15 is 0 Å². The zero-order valence-electron chi connectivity index (χ0n) is 17.5. The quantitative estimate of drug-likeness (QED) is 0.557. The van der Waals surface area contributed by atoms with Crippen molar-refractivity contribution in [2.45, 2.75) is 63.5 Å². The van der Waals surface area contributed by atoms with E-state index in [9.17, 15) is 13.2 Å². The number of hydrogen-bond acceptors (Lipinski definition) is 2. The van der Waals surface area contributed by atoms with Crippen LogP contribution in [0.2, 0.25) is 0 Å². The second-order valence-electron chi connectivity index (χ2n) is 9.04. The summed E-state index contributed by atoms with van der Waals surface area (Å²) in [6.07, 6.45) is 7.58. The largest absolute Gasteiger partial charge is 0.416 e. The van der Waals surface area contributed by atoms with Crippen molar-refractivity contribution >= 4 is 0 Å². The number of benzene rings is 1. The van der Waals surface area contributed by atoms with E-state index in [1.54, 1.807) is 12.1 Å². The van der Waals surface area contributed by atoms with Crippen LogP contribution < -0.4 is 0 Å². The smallest absolute Gasteiger partial charge is 0.303 e. The summed E-state index contributed by atoms with van der Waals surface area (Å²) in [6, 6.07) is 9.60. The van der Waals surface area contributed by atoms with E-state index in [0.29, 0.717) is 12.3 Å². The summed E-state index contributed by atoms with van der Waals surface area (Å²) in [5.74, 6) is 1.42. The first-order valence-corrected chi connectivity index (χ1v) is 11.3. The topological polar surface area (TPSA) is 16.1 Å². The van der Waals surface area contributed by atoms with Crippen molar-refractivity contribution in [2.75, 3.05) is 19.6 Å². The van der Waals surface area contributed by atoms with E-state index in [-0.39, 0.29) is 0 Å². The summed E-state index contributed by atoms with van der Waals surface area (Å²) in [5.41, 5.74) is 2.46. The van der Waals surface area contributed by atoms with Crippen LogP contribution in [0.15, 0.2) is 42.6 Å². The Morgan fingerprint density at radius 3 is 2.10 bits per heavy atom. The van der Waals surface area contributed by atoms with Crippen LogP contribution in [0.4, 0.5) is 13.2 Å². The summed E-state index contributed by atoms with van der Waals surface area (Å²) in [4.78, 5) is 7.34. The Bertz CT molecular complexity index is 785. The molecule has 1 saturated heterocycles. The van der Waals surface area contributed by atoms with Crippen LogP contribution in [0.25, 0.3) is 0 Å². The molecule has 1 aromatic heterocycles. The lowest BCUT2D eigenvalue weighted by Crippen LogP contribution is -2.37. The Balaban J connectivity index is 1.27. The summed E-state index contributed by atoms with van der Waals surface area (Å²) in [5, 5.41) is 0. The first kappa shape index (κ1) is 21.4. The first-order chi connectivity index (χ1) is 14.5. The Hall–Kier alpha value is -1.88. The fraction of sp³-hybridized carbons (Fsp3) is 0.560. The van der Waals surface area contributed by atoms with E-state index in [4.69, 9.17) is 4.98 Å². The Morgan fingerprint density at radius 1 is 0.833 bits per heavy atom. The van der Waals surface area contributed by atoms with Crippen LogP contribution in [0.3, 0.4) is 0 Å². The molecule has 4 rings (SSSR count). The number of pyridine rings is 1. The van der Waals surface area contributed by atoms with Crippen LogP contribution in [0, 0.1) is 5.92 Å². The van der Waals surface area contributed by atoms with Gasteiger partial charge >= 0.3 is 6.18 Å². The van der Waals surface area contributed by atoms with Crippen molar-refractivity contribution < 1.29 is 13.2 Å². The average molecular weight is 417 g/mol. The maximum Gasteiger partial charge on any atom is 0.416 e. The molecule has 5 heteroatoms. The summed E-state index contributed by atoms with van der Waals surface area (Å²) in [7, 11) is 0. The van der Waals surface area contributed by atoms with Crippen molar-refractivity contribution in [3.63, 3.8) is 0 Å². The van der Waals surface area contributed by atoms with Gasteiger partial charge in [-0.05, 0) is 80.4 Å². The van der Waals surface area contributed by atoms with Gasteiger partial charge in [0.05, 0.1) is 5.56 Å². The lowest BCUT2D eigenvalue weighted by molar-refractivity contribution is -0.137. The van der Waals surface area contributed by atoms with E-state index in [1.807, 2.05) is 6.20 Å². The highest BCUT2D eigenvalue weighted by Crippen LogP contribution is 2.31. The summed E-state index contributed by atoms with van der Waals surface area (Å²) in [6.45, 7) is 3.60. The molecule has 0 unspecified atom stereocenters. The second kappa shape index (κ2) is 9.51. The SMILES string of the molecule is FC(F)(F)c1ccc(Cc2ccc(C3CCN(CC4CCCCC4)CC3)nc2)cc1. The van der Waals surface area contributed by atoms with Gasteiger partial charge in [0.25, 0.3) is 0 Å². The summed E-state index contributed by atoms with van der Waals surface area (Å²) < 4.78 is 38.1. The zero-order chi connectivity index (χ0) is 21.0. The average Bonchev–Trinajstić information content (AvgIpc) is 2.75. The lowest BCUT2D eigenvalue weighted by atomic mass is 9.87. The molecule has 2 nitrogen and oxygen atoms in total. The maximum atomic E-state index is 12.7. The van der Waals surface area contributed by atoms with Gasteiger partial charge in [-0.15, -0.1) is 0 Å². The molecule has 2 heterocycles. The summed E-state index contributed by atoms with van der Waals surface area (Å²) >= 11 is 0. The highest BCUT2D eigenvalue weighted by Gasteiger charge is 2.30. The van der Waals surface area contributed by atoms with Crippen LogP contribution in [0.5, 0.6) is 0 Å². The van der Waals surface area contributed by atoms with Gasteiger partial charge in [0.15, 0.2) is 0 Å². The number of piperidine rings is 1. The van der Waals surface area contributed by atoms with E-state index in [0.717, 1.165) is 60.8 Å². The van der Waals surface area contributed by atoms with Crippen molar-refractivity contribution in [1.29, 1.82) is 0 Å². The molecule has 0 amide bonds. The number of alkyl halides is 3. The van der Waals surface area contributed by atoms with Crippen LogP contribution in [0.1, 0.15) is 73.2 Å². The van der Waals surface area contributed by atoms with Gasteiger partial charge in [0.2, 0.25) is 0 Å². The molecule has 0 radical (unpaired) electrons. The Kier molecular flexibility index (Phi) is 6.77. The molecule has 0 spiro atoms. The third-order valence-electron chi connectivity index (χ3n) is 6.78. The number of likely N-dealkylation sites (tertiary alicyclic amines) is 1. The Labute approximate surface area is 177 Å². The van der Waals surface area contributed by atoms with Crippen LogP contribution in [-0.2, 0) is 12.6 Å². The minimum Gasteiger partial charge on any atom is -0.303 e. The molecule has 30 heavy (non-hydrogen) atoms. The molecule has 0 N–H and O–H groups in total. The van der Waals surface area contributed by atoms with Crippen molar-refractivity contribution in [3.8, 4) is 0 Å². The molecule has 1 aliphatic heterocycles. The number of aromatic nitrogens is 1. The predicted molar refractivity (Wildman–Crippen MR) is 113 cm³/mol. The third-order valence-corrected chi connectivity index (χ3v) is 6.78. The normalized spacial score (nSPS) is 19.8. The van der Waals surface area contributed by atoms with Crippen LogP contribution >= 0.6 is 0 Å². The minimum absolute atomic E-state index is 0.521. The second-order valence-corrected chi connectivity index (χ2v) is 9.04. The molecule has 1 aromatic carbocycles. The van der Waals surface area contributed by atoms with Gasteiger partial charge in [-0.25, -0.2) is 0 Å². The van der Waals surface area contributed by atoms with Gasteiger partial charge < -0.3 is 4.90 Å². The molecule has 0 bridgehead atoms. The number of rotatable bonds is 5. The number of halogens is 3. The molecule has 2 aliphatic rings. The van der Waals surface area contributed by atoms with E-state index in [1.165, 1.54) is 38.6 Å². The van der Waals surface area contributed by atoms with Gasteiger partial charge in [-0.2, -0.15) is 13.2 Å². The monoisotopic (exact) mass is 416 g/mol. The fourth-order valence-electron chi connectivity index (χ4n) is 4.98. The van der Waals surface area contributed by atoms with Crippen molar-refractivity contribution in [1.82, 2.24) is 9.88 Å². The lowest BCUT2D eigenvalue weighted by Gasteiger charge is -2.35.